The van der Waals surface area contributed by atoms with Gasteiger partial charge in [-0.3, -0.25) is 4.90 Å². The fourth-order valence-corrected chi connectivity index (χ4v) is 2.05. The molecule has 0 aromatic heterocycles. The quantitative estimate of drug-likeness (QED) is 0.799. The van der Waals surface area contributed by atoms with Gasteiger partial charge < -0.3 is 4.74 Å². The molecule has 0 heterocycles. The molecule has 0 N–H and O–H groups in total. The van der Waals surface area contributed by atoms with E-state index in [4.69, 9.17) is 4.74 Å². The molecule has 1 aromatic rings. The van der Waals surface area contributed by atoms with Gasteiger partial charge in [0.25, 0.3) is 0 Å². The van der Waals surface area contributed by atoms with E-state index in [9.17, 15) is 10.1 Å². The highest BCUT2D eigenvalue weighted by atomic mass is 79.9. The number of hydrogen-bond donors (Lipinski definition) is 0. The van der Waals surface area contributed by atoms with Crippen molar-refractivity contribution in [3.63, 3.8) is 0 Å². The van der Waals surface area contributed by atoms with Gasteiger partial charge >= 0.3 is 6.09 Å². The predicted molar refractivity (Wildman–Crippen MR) is 82.7 cm³/mol. The van der Waals surface area contributed by atoms with Crippen LogP contribution in [0.15, 0.2) is 22.7 Å². The van der Waals surface area contributed by atoms with Crippen LogP contribution in [-0.2, 0) is 4.74 Å². The van der Waals surface area contributed by atoms with Crippen molar-refractivity contribution in [2.24, 2.45) is 0 Å². The molecule has 5 heteroatoms. The van der Waals surface area contributed by atoms with Crippen LogP contribution in [0.4, 0.5) is 10.5 Å². The Hall–Kier alpha value is -1.54. The number of anilines is 1. The summed E-state index contributed by atoms with van der Waals surface area (Å²) >= 11 is 3.37. The Morgan fingerprint density at radius 3 is 2.45 bits per heavy atom. The summed E-state index contributed by atoms with van der Waals surface area (Å²) in [5.41, 5.74) is 0.405. The van der Waals surface area contributed by atoms with Crippen LogP contribution in [-0.4, -0.2) is 17.7 Å². The average molecular weight is 339 g/mol. The molecule has 0 saturated heterocycles. The normalized spacial score (nSPS) is 11.1. The first-order valence-electron chi connectivity index (χ1n) is 6.37. The van der Waals surface area contributed by atoms with Crippen molar-refractivity contribution in [3.05, 3.63) is 28.2 Å². The lowest BCUT2D eigenvalue weighted by atomic mass is 10.1. The predicted octanol–water partition coefficient (Wildman–Crippen LogP) is 4.47. The van der Waals surface area contributed by atoms with Gasteiger partial charge in [-0.1, -0.05) is 15.9 Å². The maximum Gasteiger partial charge on any atom is 0.415 e. The van der Waals surface area contributed by atoms with Crippen molar-refractivity contribution < 1.29 is 9.53 Å². The highest BCUT2D eigenvalue weighted by Crippen LogP contribution is 2.28. The summed E-state index contributed by atoms with van der Waals surface area (Å²) < 4.78 is 6.22. The van der Waals surface area contributed by atoms with Gasteiger partial charge in [0.2, 0.25) is 0 Å². The van der Waals surface area contributed by atoms with Crippen LogP contribution >= 0.6 is 15.9 Å². The van der Waals surface area contributed by atoms with Crippen molar-refractivity contribution in [1.82, 2.24) is 0 Å². The van der Waals surface area contributed by atoms with E-state index < -0.39 is 11.7 Å². The third-order valence-electron chi connectivity index (χ3n) is 2.45. The molecule has 0 saturated carbocycles. The number of nitriles is 1. The molecule has 4 nitrogen and oxygen atoms in total. The lowest BCUT2D eigenvalue weighted by molar-refractivity contribution is 0.0570. The number of carbonyl (C=O) groups excluding carboxylic acids is 1. The fraction of sp³-hybridized carbons (Fsp3) is 0.467. The zero-order valence-corrected chi connectivity index (χ0v) is 14.0. The summed E-state index contributed by atoms with van der Waals surface area (Å²) in [4.78, 5) is 13.9. The Labute approximate surface area is 128 Å². The van der Waals surface area contributed by atoms with Crippen molar-refractivity contribution in [2.45, 2.75) is 46.3 Å². The Morgan fingerprint density at radius 2 is 2.00 bits per heavy atom. The molecule has 108 valence electrons. The van der Waals surface area contributed by atoms with E-state index in [2.05, 4.69) is 22.0 Å². The molecular formula is C15H19BrN2O2. The number of nitrogens with zero attached hydrogens (tertiary/aromatic N) is 2. The molecule has 1 rings (SSSR count). The van der Waals surface area contributed by atoms with Gasteiger partial charge in [-0.15, -0.1) is 0 Å². The van der Waals surface area contributed by atoms with Crippen molar-refractivity contribution >= 4 is 27.7 Å². The minimum Gasteiger partial charge on any atom is -0.443 e. The molecule has 0 atom stereocenters. The second kappa shape index (κ2) is 6.27. The number of carbonyl (C=O) groups is 1. The molecule has 0 radical (unpaired) electrons. The van der Waals surface area contributed by atoms with E-state index >= 15 is 0 Å². The summed E-state index contributed by atoms with van der Waals surface area (Å²) in [5, 5.41) is 9.21. The van der Waals surface area contributed by atoms with Gasteiger partial charge in [0.1, 0.15) is 11.7 Å². The summed E-state index contributed by atoms with van der Waals surface area (Å²) in [7, 11) is 0. The standard InChI is InChI=1S/C15H19BrN2O2/c1-10(2)18(14(19)20-15(3,4)5)13-8-12(16)7-6-11(13)9-17/h6-8,10H,1-5H3. The van der Waals surface area contributed by atoms with E-state index in [1.807, 2.05) is 34.6 Å². The first-order chi connectivity index (χ1) is 9.15. The van der Waals surface area contributed by atoms with Crippen molar-refractivity contribution in [3.8, 4) is 6.07 Å². The van der Waals surface area contributed by atoms with Gasteiger partial charge in [0.15, 0.2) is 0 Å². The molecule has 0 spiro atoms. The van der Waals surface area contributed by atoms with Crippen LogP contribution in [0.5, 0.6) is 0 Å². The number of ether oxygens (including phenoxy) is 1. The molecule has 20 heavy (non-hydrogen) atoms. The highest BCUT2D eigenvalue weighted by Gasteiger charge is 2.27. The summed E-state index contributed by atoms with van der Waals surface area (Å²) in [5.74, 6) is 0. The second-order valence-corrected chi connectivity index (χ2v) is 6.63. The van der Waals surface area contributed by atoms with Crippen molar-refractivity contribution in [1.29, 1.82) is 5.26 Å². The third-order valence-corrected chi connectivity index (χ3v) is 2.94. The van der Waals surface area contributed by atoms with Gasteiger partial charge in [-0.25, -0.2) is 4.79 Å². The van der Waals surface area contributed by atoms with Crippen LogP contribution < -0.4 is 4.90 Å². The number of halogens is 1. The SMILES string of the molecule is CC(C)N(C(=O)OC(C)(C)C)c1cc(Br)ccc1C#N. The van der Waals surface area contributed by atoms with E-state index in [0.29, 0.717) is 11.3 Å². The van der Waals surface area contributed by atoms with E-state index in [1.54, 1.807) is 18.2 Å². The molecule has 1 aromatic carbocycles. The number of hydrogen-bond acceptors (Lipinski definition) is 3. The van der Waals surface area contributed by atoms with Crippen molar-refractivity contribution in [2.75, 3.05) is 4.90 Å². The van der Waals surface area contributed by atoms with Crippen LogP contribution in [0, 0.1) is 11.3 Å². The van der Waals surface area contributed by atoms with E-state index in [-0.39, 0.29) is 6.04 Å². The van der Waals surface area contributed by atoms with Gasteiger partial charge in [0, 0.05) is 10.5 Å². The smallest absolute Gasteiger partial charge is 0.415 e. The van der Waals surface area contributed by atoms with E-state index in [1.165, 1.54) is 4.90 Å². The first-order valence-corrected chi connectivity index (χ1v) is 7.17. The highest BCUT2D eigenvalue weighted by molar-refractivity contribution is 9.10. The second-order valence-electron chi connectivity index (χ2n) is 5.72. The number of amides is 1. The number of rotatable bonds is 2. The molecular weight excluding hydrogens is 320 g/mol. The van der Waals surface area contributed by atoms with Crippen LogP contribution in [0.3, 0.4) is 0 Å². The monoisotopic (exact) mass is 338 g/mol. The summed E-state index contributed by atoms with van der Waals surface area (Å²) in [6.45, 7) is 9.21. The minimum atomic E-state index is -0.580. The topological polar surface area (TPSA) is 53.3 Å². The van der Waals surface area contributed by atoms with Crippen LogP contribution in [0.25, 0.3) is 0 Å². The molecule has 0 bridgehead atoms. The summed E-state index contributed by atoms with van der Waals surface area (Å²) in [6, 6.07) is 7.19. The minimum absolute atomic E-state index is 0.119. The molecule has 0 aliphatic heterocycles. The molecule has 0 aliphatic rings. The zero-order valence-electron chi connectivity index (χ0n) is 12.4. The summed E-state index contributed by atoms with van der Waals surface area (Å²) in [6.07, 6.45) is -0.456. The van der Waals surface area contributed by atoms with E-state index in [0.717, 1.165) is 4.47 Å². The van der Waals surface area contributed by atoms with Crippen LogP contribution in [0.1, 0.15) is 40.2 Å². The largest absolute Gasteiger partial charge is 0.443 e. The fourth-order valence-electron chi connectivity index (χ4n) is 1.70. The molecule has 0 fully saturated rings. The van der Waals surface area contributed by atoms with Gasteiger partial charge in [-0.05, 0) is 52.8 Å². The van der Waals surface area contributed by atoms with Crippen LogP contribution in [0.2, 0.25) is 0 Å². The lowest BCUT2D eigenvalue weighted by Crippen LogP contribution is -2.41. The molecule has 0 aliphatic carbocycles. The maximum atomic E-state index is 12.4. The first kappa shape index (κ1) is 16.5. The van der Waals surface area contributed by atoms with Gasteiger partial charge in [0.05, 0.1) is 11.3 Å². The zero-order chi connectivity index (χ0) is 15.5. The Bertz CT molecular complexity index is 542. The molecule has 1 amide bonds. The average Bonchev–Trinajstić information content (AvgIpc) is 2.26. The maximum absolute atomic E-state index is 12.4. The van der Waals surface area contributed by atoms with Gasteiger partial charge in [-0.2, -0.15) is 5.26 Å². The number of benzene rings is 1. The third kappa shape index (κ3) is 4.24. The molecule has 0 unspecified atom stereocenters. The lowest BCUT2D eigenvalue weighted by Gasteiger charge is -2.30. The Balaban J connectivity index is 3.25. The Morgan fingerprint density at radius 1 is 1.40 bits per heavy atom. The Kier molecular flexibility index (Phi) is 5.18.